The van der Waals surface area contributed by atoms with Crippen molar-refractivity contribution in [3.63, 3.8) is 0 Å². The summed E-state index contributed by atoms with van der Waals surface area (Å²) < 4.78 is 0. The summed E-state index contributed by atoms with van der Waals surface area (Å²) in [7, 11) is 0. The van der Waals surface area contributed by atoms with Crippen LogP contribution in [-0.4, -0.2) is 66.1 Å². The lowest BCUT2D eigenvalue weighted by Gasteiger charge is -2.37. The molecule has 2 aliphatic heterocycles. The number of piperazine rings is 1. The topological polar surface area (TPSA) is 43.9 Å². The maximum atomic E-state index is 12.7. The molecule has 158 valence electrons. The molecule has 0 aromatic heterocycles. The number of hydrogen-bond acceptors (Lipinski definition) is 5. The standard InChI is InChI=1S/C23H33N3O2S/c1-17(2)29-21-10-6-5-9-20(21)25-14-11-24(12-15-25)13-16-26-22(27)18-7-3-4-8-19(18)23(26)28/h5-6,9-10,17-19H,3-4,7-8,11-16H2,1-2H3/t18-,19-/m0/s1. The van der Waals surface area contributed by atoms with Gasteiger partial charge >= 0.3 is 0 Å². The van der Waals surface area contributed by atoms with Gasteiger partial charge in [-0.05, 0) is 25.0 Å². The van der Waals surface area contributed by atoms with Gasteiger partial charge in [0.05, 0.1) is 17.5 Å². The smallest absolute Gasteiger partial charge is 0.233 e. The van der Waals surface area contributed by atoms with Crippen LogP contribution in [0.25, 0.3) is 0 Å². The number of nitrogens with zero attached hydrogens (tertiary/aromatic N) is 3. The molecule has 0 radical (unpaired) electrons. The van der Waals surface area contributed by atoms with Gasteiger partial charge in [0.1, 0.15) is 0 Å². The number of benzene rings is 1. The van der Waals surface area contributed by atoms with Crippen LogP contribution in [0.2, 0.25) is 0 Å². The summed E-state index contributed by atoms with van der Waals surface area (Å²) in [4.78, 5) is 33.1. The molecule has 1 aromatic carbocycles. The first kappa shape index (κ1) is 20.7. The van der Waals surface area contributed by atoms with Crippen LogP contribution in [0.1, 0.15) is 39.5 Å². The average Bonchev–Trinajstić information content (AvgIpc) is 2.97. The lowest BCUT2D eigenvalue weighted by Crippen LogP contribution is -2.49. The minimum Gasteiger partial charge on any atom is -0.368 e. The number of anilines is 1. The second-order valence-corrected chi connectivity index (χ2v) is 10.4. The second kappa shape index (κ2) is 9.09. The zero-order valence-electron chi connectivity index (χ0n) is 17.7. The predicted molar refractivity (Wildman–Crippen MR) is 118 cm³/mol. The fraction of sp³-hybridized carbons (Fsp3) is 0.652. The van der Waals surface area contributed by atoms with Crippen molar-refractivity contribution in [2.75, 3.05) is 44.2 Å². The van der Waals surface area contributed by atoms with Gasteiger partial charge in [-0.3, -0.25) is 19.4 Å². The van der Waals surface area contributed by atoms with E-state index in [2.05, 4.69) is 47.9 Å². The summed E-state index contributed by atoms with van der Waals surface area (Å²) in [5.41, 5.74) is 1.33. The first-order valence-corrected chi connectivity index (χ1v) is 12.0. The van der Waals surface area contributed by atoms with E-state index >= 15 is 0 Å². The molecule has 2 heterocycles. The highest BCUT2D eigenvalue weighted by atomic mass is 32.2. The number of fused-ring (bicyclic) bond motifs is 1. The maximum absolute atomic E-state index is 12.7. The largest absolute Gasteiger partial charge is 0.368 e. The van der Waals surface area contributed by atoms with E-state index < -0.39 is 0 Å². The van der Waals surface area contributed by atoms with E-state index in [0.717, 1.165) is 58.4 Å². The van der Waals surface area contributed by atoms with Gasteiger partial charge in [-0.15, -0.1) is 11.8 Å². The average molecular weight is 416 g/mol. The minimum absolute atomic E-state index is 0.0249. The van der Waals surface area contributed by atoms with Crippen molar-refractivity contribution >= 4 is 29.3 Å². The predicted octanol–water partition coefficient (Wildman–Crippen LogP) is 3.48. The first-order chi connectivity index (χ1) is 14.0. The Balaban J connectivity index is 1.30. The van der Waals surface area contributed by atoms with Crippen LogP contribution >= 0.6 is 11.8 Å². The number of para-hydroxylation sites is 1. The molecule has 3 aliphatic rings. The van der Waals surface area contributed by atoms with Gasteiger partial charge < -0.3 is 4.90 Å². The summed E-state index contributed by atoms with van der Waals surface area (Å²) in [6, 6.07) is 8.68. The van der Waals surface area contributed by atoms with Crippen molar-refractivity contribution in [3.8, 4) is 0 Å². The molecule has 0 spiro atoms. The number of imide groups is 1. The number of carbonyl (C=O) groups is 2. The van der Waals surface area contributed by atoms with Crippen molar-refractivity contribution < 1.29 is 9.59 Å². The Morgan fingerprint density at radius 2 is 1.55 bits per heavy atom. The number of likely N-dealkylation sites (tertiary alicyclic amines) is 1. The Morgan fingerprint density at radius 3 is 2.17 bits per heavy atom. The summed E-state index contributed by atoms with van der Waals surface area (Å²) >= 11 is 1.92. The summed E-state index contributed by atoms with van der Waals surface area (Å²) in [5.74, 6) is 0.141. The molecule has 0 bridgehead atoms. The Hall–Kier alpha value is -1.53. The van der Waals surface area contributed by atoms with Gasteiger partial charge in [-0.1, -0.05) is 38.8 Å². The van der Waals surface area contributed by atoms with Crippen LogP contribution in [0.5, 0.6) is 0 Å². The lowest BCUT2D eigenvalue weighted by atomic mass is 9.81. The molecule has 0 unspecified atom stereocenters. The molecule has 2 atom stereocenters. The molecule has 3 fully saturated rings. The molecular formula is C23H33N3O2S. The van der Waals surface area contributed by atoms with Gasteiger partial charge in [0.15, 0.2) is 0 Å². The van der Waals surface area contributed by atoms with Crippen molar-refractivity contribution in [3.05, 3.63) is 24.3 Å². The van der Waals surface area contributed by atoms with E-state index in [-0.39, 0.29) is 23.7 Å². The quantitative estimate of drug-likeness (QED) is 0.526. The molecule has 29 heavy (non-hydrogen) atoms. The minimum atomic E-state index is -0.0249. The van der Waals surface area contributed by atoms with E-state index in [0.29, 0.717) is 11.8 Å². The van der Waals surface area contributed by atoms with Crippen LogP contribution < -0.4 is 4.90 Å². The summed E-state index contributed by atoms with van der Waals surface area (Å²) in [5, 5.41) is 0.566. The number of hydrogen-bond donors (Lipinski definition) is 0. The number of amides is 2. The third-order valence-corrected chi connectivity index (χ3v) is 7.58. The molecular weight excluding hydrogens is 382 g/mol. The molecule has 2 amide bonds. The van der Waals surface area contributed by atoms with Crippen LogP contribution in [0.3, 0.4) is 0 Å². The van der Waals surface area contributed by atoms with E-state index in [1.54, 1.807) is 4.90 Å². The molecule has 2 saturated heterocycles. The zero-order valence-corrected chi connectivity index (χ0v) is 18.5. The van der Waals surface area contributed by atoms with Gasteiger partial charge in [-0.2, -0.15) is 0 Å². The van der Waals surface area contributed by atoms with E-state index in [1.807, 2.05) is 11.8 Å². The Kier molecular flexibility index (Phi) is 6.50. The zero-order chi connectivity index (χ0) is 20.4. The number of carbonyl (C=O) groups excluding carboxylic acids is 2. The van der Waals surface area contributed by atoms with Crippen LogP contribution in [-0.2, 0) is 9.59 Å². The fourth-order valence-electron chi connectivity index (χ4n) is 4.98. The number of rotatable bonds is 6. The first-order valence-electron chi connectivity index (χ1n) is 11.1. The molecule has 1 saturated carbocycles. The third kappa shape index (κ3) is 4.48. The van der Waals surface area contributed by atoms with Gasteiger partial charge in [0, 0.05) is 49.4 Å². The van der Waals surface area contributed by atoms with Crippen LogP contribution in [0, 0.1) is 11.8 Å². The fourth-order valence-corrected chi connectivity index (χ4v) is 5.96. The highest BCUT2D eigenvalue weighted by molar-refractivity contribution is 8.00. The molecule has 5 nitrogen and oxygen atoms in total. The molecule has 1 aromatic rings. The van der Waals surface area contributed by atoms with Crippen LogP contribution in [0.15, 0.2) is 29.2 Å². The van der Waals surface area contributed by atoms with E-state index in [1.165, 1.54) is 10.6 Å². The monoisotopic (exact) mass is 415 g/mol. The molecule has 1 aliphatic carbocycles. The van der Waals surface area contributed by atoms with Gasteiger partial charge in [0.2, 0.25) is 11.8 Å². The second-order valence-electron chi connectivity index (χ2n) is 8.79. The number of thioether (sulfide) groups is 1. The lowest BCUT2D eigenvalue weighted by molar-refractivity contribution is -0.140. The Labute approximate surface area is 178 Å². The molecule has 4 rings (SSSR count). The maximum Gasteiger partial charge on any atom is 0.233 e. The molecule has 6 heteroatoms. The third-order valence-electron chi connectivity index (χ3n) is 6.51. The molecule has 0 N–H and O–H groups in total. The van der Waals surface area contributed by atoms with Crippen molar-refractivity contribution in [1.29, 1.82) is 0 Å². The Morgan fingerprint density at radius 1 is 0.931 bits per heavy atom. The highest BCUT2D eigenvalue weighted by Crippen LogP contribution is 2.38. The van der Waals surface area contributed by atoms with Crippen LogP contribution in [0.4, 0.5) is 5.69 Å². The van der Waals surface area contributed by atoms with E-state index in [9.17, 15) is 9.59 Å². The van der Waals surface area contributed by atoms with Crippen molar-refractivity contribution in [1.82, 2.24) is 9.80 Å². The summed E-state index contributed by atoms with van der Waals surface area (Å²) in [6.45, 7) is 9.75. The normalized spacial score (nSPS) is 25.8. The van der Waals surface area contributed by atoms with Crippen molar-refractivity contribution in [2.24, 2.45) is 11.8 Å². The Bertz CT molecular complexity index is 721. The highest BCUT2D eigenvalue weighted by Gasteiger charge is 2.47. The summed E-state index contributed by atoms with van der Waals surface area (Å²) in [6.07, 6.45) is 3.98. The van der Waals surface area contributed by atoms with Gasteiger partial charge in [-0.25, -0.2) is 0 Å². The van der Waals surface area contributed by atoms with Gasteiger partial charge in [0.25, 0.3) is 0 Å². The van der Waals surface area contributed by atoms with Crippen molar-refractivity contribution in [2.45, 2.75) is 49.7 Å². The SMILES string of the molecule is CC(C)Sc1ccccc1N1CCN(CCN2C(=O)[C@H]3CCCC[C@@H]3C2=O)CC1. The van der Waals surface area contributed by atoms with E-state index in [4.69, 9.17) is 0 Å².